The minimum Gasteiger partial charge on any atom is -0.0845 e. The number of unbranched alkanes of at least 4 members (excludes halogenated alkanes) is 3. The summed E-state index contributed by atoms with van der Waals surface area (Å²) in [5.74, 6) is 0. The molecule has 0 aliphatic rings. The highest BCUT2D eigenvalue weighted by atomic mass is 13.9. The van der Waals surface area contributed by atoms with Gasteiger partial charge in [-0.1, -0.05) is 80.5 Å². The third-order valence-corrected chi connectivity index (χ3v) is 2.02. The Bertz CT molecular complexity index is 262. The van der Waals surface area contributed by atoms with Crippen molar-refractivity contribution in [2.75, 3.05) is 0 Å². The average molecular weight is 215 g/mol. The Morgan fingerprint density at radius 3 is 1.88 bits per heavy atom. The van der Waals surface area contributed by atoms with Crippen LogP contribution < -0.4 is 0 Å². The van der Waals surface area contributed by atoms with Crippen LogP contribution in [0.25, 0.3) is 0 Å². The van der Waals surface area contributed by atoms with Crippen LogP contribution in [0.1, 0.15) is 32.6 Å². The molecule has 87 valence electrons. The monoisotopic (exact) mass is 215 g/mol. The molecule has 0 N–H and O–H groups in total. The molecule has 0 amide bonds. The van der Waals surface area contributed by atoms with E-state index in [1.54, 1.807) is 6.08 Å². The highest BCUT2D eigenvalue weighted by molar-refractivity contribution is 5.17. The summed E-state index contributed by atoms with van der Waals surface area (Å²) in [6.07, 6.45) is 25.2. The molecule has 0 aromatic rings. The summed E-state index contributed by atoms with van der Waals surface area (Å²) >= 11 is 0. The molecule has 0 saturated carbocycles. The summed E-state index contributed by atoms with van der Waals surface area (Å²) in [6, 6.07) is 0. The second-order valence-electron chi connectivity index (χ2n) is 3.51. The fourth-order valence-electron chi connectivity index (χ4n) is 1.15. The second-order valence-corrected chi connectivity index (χ2v) is 3.51. The van der Waals surface area contributed by atoms with E-state index in [0.717, 1.165) is 0 Å². The molecule has 0 aromatic carbocycles. The van der Waals surface area contributed by atoms with Crippen LogP contribution in [0.2, 0.25) is 0 Å². The predicted octanol–water partition coefficient (Wildman–Crippen LogP) is 5.18. The maximum atomic E-state index is 3.60. The first-order valence-corrected chi connectivity index (χ1v) is 6.02. The zero-order chi connectivity index (χ0) is 11.9. The highest BCUT2D eigenvalue weighted by Gasteiger charge is 1.79. The van der Waals surface area contributed by atoms with E-state index in [2.05, 4.69) is 32.1 Å². The summed E-state index contributed by atoms with van der Waals surface area (Å²) in [6.45, 7) is 5.82. The molecule has 0 bridgehead atoms. The van der Waals surface area contributed by atoms with E-state index in [9.17, 15) is 0 Å². The van der Waals surface area contributed by atoms with E-state index in [-0.39, 0.29) is 0 Å². The van der Waals surface area contributed by atoms with Gasteiger partial charge in [-0.15, -0.1) is 0 Å². The van der Waals surface area contributed by atoms with Crippen LogP contribution in [0.4, 0.5) is 0 Å². The second kappa shape index (κ2) is 13.7. The van der Waals surface area contributed by atoms with E-state index in [1.165, 1.54) is 25.7 Å². The van der Waals surface area contributed by atoms with E-state index < -0.39 is 0 Å². The fourth-order valence-corrected chi connectivity index (χ4v) is 1.15. The average Bonchev–Trinajstić information content (AvgIpc) is 2.31. The molecule has 0 heteroatoms. The predicted molar refractivity (Wildman–Crippen MR) is 75.2 cm³/mol. The molecule has 0 unspecified atom stereocenters. The van der Waals surface area contributed by atoms with Crippen LogP contribution in [-0.2, 0) is 0 Å². The summed E-state index contributed by atoms with van der Waals surface area (Å²) in [7, 11) is 0. The van der Waals surface area contributed by atoms with Gasteiger partial charge in [0.2, 0.25) is 0 Å². The first-order chi connectivity index (χ1) is 7.91. The number of hydrogen-bond acceptors (Lipinski definition) is 0. The Kier molecular flexibility index (Phi) is 12.6. The molecule has 0 spiro atoms. The van der Waals surface area contributed by atoms with Gasteiger partial charge < -0.3 is 0 Å². The van der Waals surface area contributed by atoms with E-state index in [4.69, 9.17) is 0 Å². The molecule has 0 rings (SSSR count). The Morgan fingerprint density at radius 1 is 0.750 bits per heavy atom. The first-order valence-electron chi connectivity index (χ1n) is 6.02. The molecule has 16 heavy (non-hydrogen) atoms. The lowest BCUT2D eigenvalue weighted by atomic mass is 10.2. The van der Waals surface area contributed by atoms with Crippen molar-refractivity contribution in [1.29, 1.82) is 0 Å². The lowest BCUT2D eigenvalue weighted by Crippen LogP contribution is -1.69. The van der Waals surface area contributed by atoms with E-state index >= 15 is 0 Å². The lowest BCUT2D eigenvalue weighted by molar-refractivity contribution is 0.729. The van der Waals surface area contributed by atoms with Crippen LogP contribution in [0, 0.1) is 6.92 Å². The number of hydrogen-bond donors (Lipinski definition) is 0. The molecule has 0 nitrogen and oxygen atoms in total. The van der Waals surface area contributed by atoms with Crippen molar-refractivity contribution < 1.29 is 0 Å². The standard InChI is InChI=1S/C16H23/c1-3-5-7-9-11-13-15-16-14-12-10-8-6-4-2/h3,5,7,9,11-16H,1,4,6,8,10H2,2H3. The van der Waals surface area contributed by atoms with Crippen molar-refractivity contribution in [3.8, 4) is 0 Å². The third-order valence-electron chi connectivity index (χ3n) is 2.02. The van der Waals surface area contributed by atoms with Crippen molar-refractivity contribution in [3.05, 3.63) is 67.7 Å². The first kappa shape index (κ1) is 14.7. The molecule has 0 fully saturated rings. The van der Waals surface area contributed by atoms with Gasteiger partial charge in [-0.05, 0) is 19.8 Å². The van der Waals surface area contributed by atoms with Gasteiger partial charge in [-0.25, -0.2) is 0 Å². The van der Waals surface area contributed by atoms with Gasteiger partial charge >= 0.3 is 0 Å². The molecular weight excluding hydrogens is 192 g/mol. The smallest absolute Gasteiger partial charge is 0.0313 e. The van der Waals surface area contributed by atoms with Crippen LogP contribution in [0.5, 0.6) is 0 Å². The SMILES string of the molecule is [CH2]C=CC=CC=CC=CC=CCCCCC. The fraction of sp³-hybridized carbons (Fsp3) is 0.312. The maximum Gasteiger partial charge on any atom is -0.0313 e. The molecule has 0 aromatic heterocycles. The lowest BCUT2D eigenvalue weighted by Gasteiger charge is -1.89. The molecule has 0 heterocycles. The van der Waals surface area contributed by atoms with Crippen molar-refractivity contribution >= 4 is 0 Å². The molecule has 0 aliphatic heterocycles. The van der Waals surface area contributed by atoms with Gasteiger partial charge in [-0.2, -0.15) is 0 Å². The zero-order valence-electron chi connectivity index (χ0n) is 10.3. The topological polar surface area (TPSA) is 0 Å². The summed E-state index contributed by atoms with van der Waals surface area (Å²) in [5.41, 5.74) is 0. The van der Waals surface area contributed by atoms with Gasteiger partial charge in [0.1, 0.15) is 0 Å². The van der Waals surface area contributed by atoms with Gasteiger partial charge in [0.05, 0.1) is 0 Å². The quantitative estimate of drug-likeness (QED) is 0.386. The normalized spacial score (nSPS) is 13.4. The molecule has 0 aliphatic carbocycles. The van der Waals surface area contributed by atoms with Crippen LogP contribution >= 0.6 is 0 Å². The minimum absolute atomic E-state index is 1.19. The molecular formula is C16H23. The van der Waals surface area contributed by atoms with Crippen molar-refractivity contribution in [3.63, 3.8) is 0 Å². The summed E-state index contributed by atoms with van der Waals surface area (Å²) in [5, 5.41) is 0. The van der Waals surface area contributed by atoms with Crippen LogP contribution in [0.15, 0.2) is 60.8 Å². The minimum atomic E-state index is 1.19. The molecule has 0 saturated heterocycles. The van der Waals surface area contributed by atoms with Crippen LogP contribution in [0.3, 0.4) is 0 Å². The highest BCUT2D eigenvalue weighted by Crippen LogP contribution is 1.99. The molecule has 0 atom stereocenters. The van der Waals surface area contributed by atoms with Crippen molar-refractivity contribution in [2.24, 2.45) is 0 Å². The van der Waals surface area contributed by atoms with Gasteiger partial charge in [-0.3, -0.25) is 0 Å². The van der Waals surface area contributed by atoms with Crippen molar-refractivity contribution in [1.82, 2.24) is 0 Å². The Labute approximate surface area is 101 Å². The largest absolute Gasteiger partial charge is 0.0845 e. The zero-order valence-corrected chi connectivity index (χ0v) is 10.3. The maximum absolute atomic E-state index is 3.60. The van der Waals surface area contributed by atoms with Gasteiger partial charge in [0.25, 0.3) is 0 Å². The van der Waals surface area contributed by atoms with Gasteiger partial charge in [0.15, 0.2) is 0 Å². The van der Waals surface area contributed by atoms with E-state index in [1.807, 2.05) is 36.5 Å². The summed E-state index contributed by atoms with van der Waals surface area (Å²) < 4.78 is 0. The summed E-state index contributed by atoms with van der Waals surface area (Å²) in [4.78, 5) is 0. The Balaban J connectivity index is 3.53. The van der Waals surface area contributed by atoms with Crippen LogP contribution in [-0.4, -0.2) is 0 Å². The van der Waals surface area contributed by atoms with Crippen molar-refractivity contribution in [2.45, 2.75) is 32.6 Å². The van der Waals surface area contributed by atoms with Gasteiger partial charge in [0, 0.05) is 0 Å². The Morgan fingerprint density at radius 2 is 1.31 bits per heavy atom. The number of rotatable bonds is 8. The molecule has 1 radical (unpaired) electrons. The van der Waals surface area contributed by atoms with E-state index in [0.29, 0.717) is 0 Å². The Hall–Kier alpha value is -1.30. The third kappa shape index (κ3) is 12.7. The number of allylic oxidation sites excluding steroid dienone is 10.